The average molecular weight is 214 g/mol. The first-order valence-corrected chi connectivity index (χ1v) is 4.68. The van der Waals surface area contributed by atoms with Crippen LogP contribution in [0.25, 0.3) is 5.82 Å². The van der Waals surface area contributed by atoms with Gasteiger partial charge in [-0.15, -0.1) is 0 Å². The van der Waals surface area contributed by atoms with Crippen LogP contribution in [-0.4, -0.2) is 19.7 Å². The van der Waals surface area contributed by atoms with E-state index in [1.165, 1.54) is 10.9 Å². The minimum absolute atomic E-state index is 0.292. The van der Waals surface area contributed by atoms with Crippen molar-refractivity contribution in [1.29, 1.82) is 5.26 Å². The number of rotatable bonds is 1. The van der Waals surface area contributed by atoms with Crippen molar-refractivity contribution in [2.45, 2.75) is 13.8 Å². The van der Waals surface area contributed by atoms with E-state index in [-0.39, 0.29) is 0 Å². The Bertz CT molecular complexity index is 557. The molecule has 80 valence electrons. The number of aromatic nitrogens is 4. The van der Waals surface area contributed by atoms with Gasteiger partial charge in [0.15, 0.2) is 5.82 Å². The number of hydrogen-bond acceptors (Lipinski definition) is 5. The van der Waals surface area contributed by atoms with Gasteiger partial charge < -0.3 is 5.73 Å². The van der Waals surface area contributed by atoms with E-state index >= 15 is 0 Å². The summed E-state index contributed by atoms with van der Waals surface area (Å²) in [5.74, 6) is 1.51. The molecule has 2 heterocycles. The third-order valence-corrected chi connectivity index (χ3v) is 2.10. The molecule has 0 aliphatic heterocycles. The van der Waals surface area contributed by atoms with Crippen molar-refractivity contribution in [2.24, 2.45) is 0 Å². The molecule has 0 fully saturated rings. The van der Waals surface area contributed by atoms with Gasteiger partial charge in [0.05, 0.1) is 6.20 Å². The molecule has 2 N–H and O–H groups in total. The minimum Gasteiger partial charge on any atom is -0.382 e. The largest absolute Gasteiger partial charge is 0.382 e. The molecule has 0 radical (unpaired) electrons. The first-order valence-electron chi connectivity index (χ1n) is 4.68. The molecule has 0 bridgehead atoms. The second-order valence-electron chi connectivity index (χ2n) is 3.38. The highest BCUT2D eigenvalue weighted by molar-refractivity contribution is 5.51. The highest BCUT2D eigenvalue weighted by Crippen LogP contribution is 2.14. The fourth-order valence-corrected chi connectivity index (χ4v) is 1.43. The molecule has 6 heteroatoms. The SMILES string of the molecule is Cc1cc(-n2ncc(C#N)c2N)nc(C)n1. The summed E-state index contributed by atoms with van der Waals surface area (Å²) in [6, 6.07) is 3.72. The first kappa shape index (κ1) is 10.1. The molecule has 0 aliphatic carbocycles. The highest BCUT2D eigenvalue weighted by atomic mass is 15.3. The van der Waals surface area contributed by atoms with Crippen LogP contribution >= 0.6 is 0 Å². The number of hydrogen-bond donors (Lipinski definition) is 1. The van der Waals surface area contributed by atoms with Crippen molar-refractivity contribution in [1.82, 2.24) is 19.7 Å². The third kappa shape index (κ3) is 1.59. The second-order valence-corrected chi connectivity index (χ2v) is 3.38. The summed E-state index contributed by atoms with van der Waals surface area (Å²) in [6.07, 6.45) is 1.42. The van der Waals surface area contributed by atoms with Gasteiger partial charge in [-0.3, -0.25) is 0 Å². The van der Waals surface area contributed by atoms with Gasteiger partial charge in [0.25, 0.3) is 0 Å². The van der Waals surface area contributed by atoms with Gasteiger partial charge in [0.1, 0.15) is 23.3 Å². The zero-order chi connectivity index (χ0) is 11.7. The zero-order valence-corrected chi connectivity index (χ0v) is 8.97. The summed E-state index contributed by atoms with van der Waals surface area (Å²) in [5, 5.41) is 12.8. The molecule has 0 saturated carbocycles. The van der Waals surface area contributed by atoms with Gasteiger partial charge in [0.2, 0.25) is 0 Å². The predicted molar refractivity (Wildman–Crippen MR) is 57.8 cm³/mol. The normalized spacial score (nSPS) is 10.1. The van der Waals surface area contributed by atoms with Crippen molar-refractivity contribution in [3.8, 4) is 11.9 Å². The fraction of sp³-hybridized carbons (Fsp3) is 0.200. The van der Waals surface area contributed by atoms with E-state index in [0.29, 0.717) is 23.0 Å². The minimum atomic E-state index is 0.292. The molecule has 0 aliphatic rings. The van der Waals surface area contributed by atoms with E-state index < -0.39 is 0 Å². The smallest absolute Gasteiger partial charge is 0.159 e. The molecule has 0 aromatic carbocycles. The van der Waals surface area contributed by atoms with E-state index in [4.69, 9.17) is 11.0 Å². The number of nitrogens with two attached hydrogens (primary N) is 1. The van der Waals surface area contributed by atoms with Gasteiger partial charge in [-0.2, -0.15) is 15.0 Å². The van der Waals surface area contributed by atoms with Crippen LogP contribution in [0.3, 0.4) is 0 Å². The van der Waals surface area contributed by atoms with Gasteiger partial charge in [-0.1, -0.05) is 0 Å². The third-order valence-electron chi connectivity index (χ3n) is 2.10. The van der Waals surface area contributed by atoms with Crippen molar-refractivity contribution >= 4 is 5.82 Å². The lowest BCUT2D eigenvalue weighted by Crippen LogP contribution is -2.06. The second kappa shape index (κ2) is 3.62. The summed E-state index contributed by atoms with van der Waals surface area (Å²) in [7, 11) is 0. The maximum absolute atomic E-state index is 8.77. The van der Waals surface area contributed by atoms with Crippen LogP contribution in [0.15, 0.2) is 12.3 Å². The standard InChI is InChI=1S/C10H10N6/c1-6-3-9(15-7(2)14-6)16-10(12)8(4-11)5-13-16/h3,5H,12H2,1-2H3. The molecule has 16 heavy (non-hydrogen) atoms. The Labute approximate surface area is 92.4 Å². The summed E-state index contributed by atoms with van der Waals surface area (Å²) in [5.41, 5.74) is 6.93. The molecule has 0 amide bonds. The number of nitriles is 1. The lowest BCUT2D eigenvalue weighted by molar-refractivity contribution is 0.831. The average Bonchev–Trinajstić information content (AvgIpc) is 2.58. The molecule has 0 unspecified atom stereocenters. The zero-order valence-electron chi connectivity index (χ0n) is 8.97. The van der Waals surface area contributed by atoms with Crippen molar-refractivity contribution in [3.05, 3.63) is 29.3 Å². The number of nitrogens with zero attached hydrogens (tertiary/aromatic N) is 5. The van der Waals surface area contributed by atoms with Gasteiger partial charge in [-0.05, 0) is 13.8 Å². The maximum atomic E-state index is 8.77. The summed E-state index contributed by atoms with van der Waals surface area (Å²) in [4.78, 5) is 8.37. The number of aryl methyl sites for hydroxylation is 2. The van der Waals surface area contributed by atoms with Gasteiger partial charge in [-0.25, -0.2) is 9.97 Å². The molecule has 2 aromatic rings. The number of anilines is 1. The van der Waals surface area contributed by atoms with E-state index in [1.807, 2.05) is 13.0 Å². The maximum Gasteiger partial charge on any atom is 0.159 e. The topological polar surface area (TPSA) is 93.4 Å². The lowest BCUT2D eigenvalue weighted by atomic mass is 10.3. The molecule has 2 rings (SSSR count). The predicted octanol–water partition coefficient (Wildman–Crippen LogP) is 0.733. The Morgan fingerprint density at radius 1 is 1.38 bits per heavy atom. The Kier molecular flexibility index (Phi) is 2.29. The van der Waals surface area contributed by atoms with Crippen molar-refractivity contribution in [2.75, 3.05) is 5.73 Å². The van der Waals surface area contributed by atoms with Crippen LogP contribution < -0.4 is 5.73 Å². The molecule has 2 aromatic heterocycles. The molecular formula is C10H10N6. The fourth-order valence-electron chi connectivity index (χ4n) is 1.43. The van der Waals surface area contributed by atoms with E-state index in [1.54, 1.807) is 13.0 Å². The highest BCUT2D eigenvalue weighted by Gasteiger charge is 2.10. The van der Waals surface area contributed by atoms with E-state index in [2.05, 4.69) is 15.1 Å². The summed E-state index contributed by atoms with van der Waals surface area (Å²) in [6.45, 7) is 3.66. The van der Waals surface area contributed by atoms with E-state index in [0.717, 1.165) is 5.69 Å². The van der Waals surface area contributed by atoms with Crippen LogP contribution in [0.5, 0.6) is 0 Å². The molecule has 0 spiro atoms. The van der Waals surface area contributed by atoms with Crippen molar-refractivity contribution < 1.29 is 0 Å². The van der Waals surface area contributed by atoms with Gasteiger partial charge in [0, 0.05) is 11.8 Å². The summed E-state index contributed by atoms with van der Waals surface area (Å²) < 4.78 is 1.43. The van der Waals surface area contributed by atoms with Gasteiger partial charge >= 0.3 is 0 Å². The van der Waals surface area contributed by atoms with Crippen LogP contribution in [0, 0.1) is 25.2 Å². The Balaban J connectivity index is 2.59. The molecule has 6 nitrogen and oxygen atoms in total. The van der Waals surface area contributed by atoms with Crippen LogP contribution in [0.1, 0.15) is 17.1 Å². The van der Waals surface area contributed by atoms with Crippen LogP contribution in [0.2, 0.25) is 0 Å². The number of nitrogen functional groups attached to an aromatic ring is 1. The first-order chi connectivity index (χ1) is 7.61. The molecule has 0 saturated heterocycles. The Morgan fingerprint density at radius 3 is 2.69 bits per heavy atom. The summed E-state index contributed by atoms with van der Waals surface area (Å²) >= 11 is 0. The lowest BCUT2D eigenvalue weighted by Gasteiger charge is -2.04. The Hall–Kier alpha value is -2.42. The Morgan fingerprint density at radius 2 is 2.12 bits per heavy atom. The quantitative estimate of drug-likeness (QED) is 0.755. The van der Waals surface area contributed by atoms with Crippen molar-refractivity contribution in [3.63, 3.8) is 0 Å². The van der Waals surface area contributed by atoms with Crippen LogP contribution in [-0.2, 0) is 0 Å². The monoisotopic (exact) mass is 214 g/mol. The van der Waals surface area contributed by atoms with E-state index in [9.17, 15) is 0 Å². The molecule has 0 atom stereocenters. The van der Waals surface area contributed by atoms with Crippen LogP contribution in [0.4, 0.5) is 5.82 Å². The molecular weight excluding hydrogens is 204 g/mol.